The first-order valence-corrected chi connectivity index (χ1v) is 9.41. The minimum absolute atomic E-state index is 0. The molecule has 28 heavy (non-hydrogen) atoms. The van der Waals surface area contributed by atoms with Crippen LogP contribution in [0.15, 0.2) is 52.1 Å². The first-order chi connectivity index (χ1) is 13.3. The molecular formula is C20H28IN5O2. The standard InChI is InChI=1S/C20H27N5O2.HI/c1-2-21-20(22-11-6-13-26-15-16-7-5-14-27-16)23-12-10-19-24-17-8-3-4-9-18(17)25-19;/h3-5,7-9,14H,2,6,10-13,15H2,1H3,(H,24,25)(H2,21,22,23);1H. The van der Waals surface area contributed by atoms with Crippen LogP contribution in [0.1, 0.15) is 24.9 Å². The fraction of sp³-hybridized carbons (Fsp3) is 0.400. The van der Waals surface area contributed by atoms with Crippen molar-refractivity contribution in [1.29, 1.82) is 0 Å². The molecule has 8 heteroatoms. The summed E-state index contributed by atoms with van der Waals surface area (Å²) in [5.41, 5.74) is 2.07. The number of nitrogens with zero attached hydrogens (tertiary/aromatic N) is 2. The number of aromatic amines is 1. The van der Waals surface area contributed by atoms with Crippen LogP contribution in [0, 0.1) is 0 Å². The minimum atomic E-state index is 0. The van der Waals surface area contributed by atoms with E-state index in [9.17, 15) is 0 Å². The second kappa shape index (κ2) is 12.4. The van der Waals surface area contributed by atoms with E-state index in [1.807, 2.05) is 36.4 Å². The molecule has 0 saturated heterocycles. The third kappa shape index (κ3) is 7.16. The van der Waals surface area contributed by atoms with Crippen molar-refractivity contribution in [2.24, 2.45) is 4.99 Å². The zero-order chi connectivity index (χ0) is 18.7. The maximum absolute atomic E-state index is 5.57. The van der Waals surface area contributed by atoms with Crippen LogP contribution in [-0.2, 0) is 17.8 Å². The average Bonchev–Trinajstić information content (AvgIpc) is 3.33. The van der Waals surface area contributed by atoms with Crippen LogP contribution >= 0.6 is 24.0 Å². The van der Waals surface area contributed by atoms with Gasteiger partial charge >= 0.3 is 0 Å². The van der Waals surface area contributed by atoms with Gasteiger partial charge in [-0.2, -0.15) is 0 Å². The number of H-pyrrole nitrogens is 1. The number of furan rings is 1. The fourth-order valence-corrected chi connectivity index (χ4v) is 2.69. The van der Waals surface area contributed by atoms with Crippen molar-refractivity contribution in [1.82, 2.24) is 20.6 Å². The van der Waals surface area contributed by atoms with Crippen LogP contribution in [0.2, 0.25) is 0 Å². The Hall–Kier alpha value is -2.07. The number of aromatic nitrogens is 2. The van der Waals surface area contributed by atoms with E-state index < -0.39 is 0 Å². The first-order valence-electron chi connectivity index (χ1n) is 9.41. The highest BCUT2D eigenvalue weighted by Crippen LogP contribution is 2.10. The molecule has 0 aliphatic carbocycles. The molecule has 3 rings (SSSR count). The zero-order valence-electron chi connectivity index (χ0n) is 16.1. The predicted molar refractivity (Wildman–Crippen MR) is 122 cm³/mol. The van der Waals surface area contributed by atoms with E-state index in [1.54, 1.807) is 6.26 Å². The van der Waals surface area contributed by atoms with Crippen LogP contribution in [0.25, 0.3) is 11.0 Å². The Morgan fingerprint density at radius 1 is 1.21 bits per heavy atom. The smallest absolute Gasteiger partial charge is 0.191 e. The molecule has 0 unspecified atom stereocenters. The molecule has 0 amide bonds. The van der Waals surface area contributed by atoms with Gasteiger partial charge in [-0.05, 0) is 37.6 Å². The Morgan fingerprint density at radius 2 is 2.11 bits per heavy atom. The van der Waals surface area contributed by atoms with E-state index in [0.29, 0.717) is 19.8 Å². The SMILES string of the molecule is CCNC(=NCCCOCc1ccco1)NCCc1nc2ccccc2[nH]1.I. The number of benzene rings is 1. The molecule has 0 aliphatic rings. The third-order valence-electron chi connectivity index (χ3n) is 3.98. The van der Waals surface area contributed by atoms with Crippen LogP contribution in [0.5, 0.6) is 0 Å². The van der Waals surface area contributed by atoms with Crippen molar-refractivity contribution in [2.45, 2.75) is 26.4 Å². The van der Waals surface area contributed by atoms with Gasteiger partial charge in [0.15, 0.2) is 5.96 Å². The molecule has 3 aromatic rings. The lowest BCUT2D eigenvalue weighted by Gasteiger charge is -2.10. The Kier molecular flexibility index (Phi) is 9.84. The molecule has 0 saturated carbocycles. The van der Waals surface area contributed by atoms with Crippen molar-refractivity contribution in [3.05, 3.63) is 54.2 Å². The van der Waals surface area contributed by atoms with Gasteiger partial charge in [-0.25, -0.2) is 4.98 Å². The van der Waals surface area contributed by atoms with Crippen molar-refractivity contribution < 1.29 is 9.15 Å². The summed E-state index contributed by atoms with van der Waals surface area (Å²) < 4.78 is 10.8. The molecule has 0 bridgehead atoms. The van der Waals surface area contributed by atoms with Crippen molar-refractivity contribution >= 4 is 41.0 Å². The fourth-order valence-electron chi connectivity index (χ4n) is 2.69. The summed E-state index contributed by atoms with van der Waals surface area (Å²) >= 11 is 0. The Balaban J connectivity index is 0.00000280. The summed E-state index contributed by atoms with van der Waals surface area (Å²) in [7, 11) is 0. The van der Waals surface area contributed by atoms with Gasteiger partial charge in [0, 0.05) is 32.7 Å². The maximum Gasteiger partial charge on any atom is 0.191 e. The number of imidazole rings is 1. The van der Waals surface area contributed by atoms with E-state index in [4.69, 9.17) is 9.15 Å². The summed E-state index contributed by atoms with van der Waals surface area (Å²) in [5.74, 6) is 2.64. The number of fused-ring (bicyclic) bond motifs is 1. The molecule has 1 aromatic carbocycles. The first kappa shape index (κ1) is 22.2. The molecular weight excluding hydrogens is 469 g/mol. The summed E-state index contributed by atoms with van der Waals surface area (Å²) in [6.07, 6.45) is 3.33. The number of halogens is 1. The number of nitrogens with one attached hydrogen (secondary N) is 3. The number of aliphatic imine (C=N–C) groups is 1. The molecule has 0 spiro atoms. The quantitative estimate of drug-likeness (QED) is 0.173. The third-order valence-corrected chi connectivity index (χ3v) is 3.98. The molecule has 0 fully saturated rings. The van der Waals surface area contributed by atoms with Crippen molar-refractivity contribution in [3.8, 4) is 0 Å². The van der Waals surface area contributed by atoms with E-state index in [0.717, 1.165) is 54.5 Å². The molecule has 7 nitrogen and oxygen atoms in total. The van der Waals surface area contributed by atoms with Crippen molar-refractivity contribution in [3.63, 3.8) is 0 Å². The molecule has 0 aliphatic heterocycles. The maximum atomic E-state index is 5.57. The lowest BCUT2D eigenvalue weighted by Crippen LogP contribution is -2.38. The monoisotopic (exact) mass is 497 g/mol. The van der Waals surface area contributed by atoms with Crippen LogP contribution in [0.4, 0.5) is 0 Å². The topological polar surface area (TPSA) is 87.5 Å². The Morgan fingerprint density at radius 3 is 2.89 bits per heavy atom. The highest BCUT2D eigenvalue weighted by atomic mass is 127. The van der Waals surface area contributed by atoms with Gasteiger partial charge in [-0.3, -0.25) is 4.99 Å². The normalized spacial score (nSPS) is 11.4. The second-order valence-corrected chi connectivity index (χ2v) is 6.12. The molecule has 3 N–H and O–H groups in total. The van der Waals surface area contributed by atoms with Crippen LogP contribution in [-0.4, -0.2) is 42.2 Å². The van der Waals surface area contributed by atoms with Crippen LogP contribution < -0.4 is 10.6 Å². The van der Waals surface area contributed by atoms with E-state index in [2.05, 4.69) is 32.5 Å². The van der Waals surface area contributed by atoms with Gasteiger partial charge in [0.25, 0.3) is 0 Å². The molecule has 152 valence electrons. The molecule has 0 radical (unpaired) electrons. The van der Waals surface area contributed by atoms with Gasteiger partial charge in [-0.15, -0.1) is 24.0 Å². The number of para-hydroxylation sites is 2. The average molecular weight is 497 g/mol. The summed E-state index contributed by atoms with van der Waals surface area (Å²) in [6, 6.07) is 11.8. The Labute approximate surface area is 182 Å². The highest BCUT2D eigenvalue weighted by Gasteiger charge is 2.03. The summed E-state index contributed by atoms with van der Waals surface area (Å²) in [4.78, 5) is 12.5. The molecule has 2 heterocycles. The summed E-state index contributed by atoms with van der Waals surface area (Å²) in [5, 5.41) is 6.61. The number of ether oxygens (including phenoxy) is 1. The van der Waals surface area contributed by atoms with E-state index >= 15 is 0 Å². The van der Waals surface area contributed by atoms with Gasteiger partial charge < -0.3 is 24.8 Å². The number of guanidine groups is 1. The lowest BCUT2D eigenvalue weighted by molar-refractivity contribution is 0.105. The van der Waals surface area contributed by atoms with E-state index in [-0.39, 0.29) is 24.0 Å². The summed E-state index contributed by atoms with van der Waals surface area (Å²) in [6.45, 7) is 5.52. The lowest BCUT2D eigenvalue weighted by atomic mass is 10.3. The number of hydrogen-bond donors (Lipinski definition) is 3. The van der Waals surface area contributed by atoms with E-state index in [1.165, 1.54) is 0 Å². The van der Waals surface area contributed by atoms with Crippen molar-refractivity contribution in [2.75, 3.05) is 26.2 Å². The minimum Gasteiger partial charge on any atom is -0.467 e. The largest absolute Gasteiger partial charge is 0.467 e. The Bertz CT molecular complexity index is 799. The highest BCUT2D eigenvalue weighted by molar-refractivity contribution is 14.0. The zero-order valence-corrected chi connectivity index (χ0v) is 18.4. The molecule has 0 atom stereocenters. The molecule has 2 aromatic heterocycles. The second-order valence-electron chi connectivity index (χ2n) is 6.12. The van der Waals surface area contributed by atoms with Gasteiger partial charge in [0.05, 0.1) is 17.3 Å². The van der Waals surface area contributed by atoms with Crippen LogP contribution in [0.3, 0.4) is 0 Å². The van der Waals surface area contributed by atoms with Gasteiger partial charge in [-0.1, -0.05) is 12.1 Å². The van der Waals surface area contributed by atoms with Gasteiger partial charge in [0.1, 0.15) is 18.2 Å². The number of rotatable bonds is 10. The van der Waals surface area contributed by atoms with Gasteiger partial charge in [0.2, 0.25) is 0 Å². The predicted octanol–water partition coefficient (Wildman–Crippen LogP) is 3.48. The number of hydrogen-bond acceptors (Lipinski definition) is 4.